The summed E-state index contributed by atoms with van der Waals surface area (Å²) in [5.74, 6) is 1.22. The number of hydrogen-bond acceptors (Lipinski definition) is 2. The van der Waals surface area contributed by atoms with E-state index in [4.69, 9.17) is 46.4 Å². The summed E-state index contributed by atoms with van der Waals surface area (Å²) in [7, 11) is 0. The van der Waals surface area contributed by atoms with Gasteiger partial charge in [0.25, 0.3) is 0 Å². The third-order valence-corrected chi connectivity index (χ3v) is 6.25. The molecule has 4 rings (SSSR count). The number of carbonyl (C=O) groups excluding carboxylic acids is 2. The lowest BCUT2D eigenvalue weighted by atomic mass is 10.2. The van der Waals surface area contributed by atoms with Crippen LogP contribution in [-0.2, 0) is 13.1 Å². The molecule has 0 saturated carbocycles. The standard InChI is InChI=1S/2C12H11Cl2NO/c2*13-5-2-6-15-7-9(8-16)12-10(14)3-1-4-11(12)15/h2*1,3-4,7-8H,2,5-6H2. The van der Waals surface area contributed by atoms with Crippen LogP contribution in [0.3, 0.4) is 0 Å². The quantitative estimate of drug-likeness (QED) is 0.182. The van der Waals surface area contributed by atoms with Gasteiger partial charge in [-0.05, 0) is 37.1 Å². The molecule has 4 aromatic rings. The van der Waals surface area contributed by atoms with Crippen LogP contribution in [0.1, 0.15) is 33.6 Å². The molecule has 0 radical (unpaired) electrons. The molecule has 2 aromatic carbocycles. The Morgan fingerprint density at radius 3 is 1.44 bits per heavy atom. The fourth-order valence-corrected chi connectivity index (χ4v) is 4.48. The largest absolute Gasteiger partial charge is 0.347 e. The summed E-state index contributed by atoms with van der Waals surface area (Å²) in [4.78, 5) is 21.9. The molecule has 0 fully saturated rings. The van der Waals surface area contributed by atoms with Gasteiger partial charge in [-0.3, -0.25) is 9.59 Å². The van der Waals surface area contributed by atoms with Crippen LogP contribution in [0.15, 0.2) is 48.8 Å². The Morgan fingerprint density at radius 2 is 1.09 bits per heavy atom. The second-order valence-electron chi connectivity index (χ2n) is 7.14. The van der Waals surface area contributed by atoms with Gasteiger partial charge in [-0.15, -0.1) is 23.2 Å². The van der Waals surface area contributed by atoms with Crippen LogP contribution < -0.4 is 0 Å². The summed E-state index contributed by atoms with van der Waals surface area (Å²) in [6, 6.07) is 11.3. The summed E-state index contributed by atoms with van der Waals surface area (Å²) in [6.45, 7) is 1.60. The van der Waals surface area contributed by atoms with Crippen LogP contribution in [0.25, 0.3) is 21.8 Å². The van der Waals surface area contributed by atoms with Gasteiger partial charge in [-0.25, -0.2) is 0 Å². The average Bonchev–Trinajstić information content (AvgIpc) is 3.36. The summed E-state index contributed by atoms with van der Waals surface area (Å²) in [6.07, 6.45) is 7.08. The third kappa shape index (κ3) is 5.32. The van der Waals surface area contributed by atoms with Crippen LogP contribution in [-0.4, -0.2) is 33.5 Å². The maximum absolute atomic E-state index is 11.0. The number of aldehydes is 2. The lowest BCUT2D eigenvalue weighted by molar-refractivity contribution is 0.111. The van der Waals surface area contributed by atoms with Gasteiger partial charge in [-0.2, -0.15) is 0 Å². The minimum atomic E-state index is 0.608. The van der Waals surface area contributed by atoms with Crippen molar-refractivity contribution in [3.05, 3.63) is 70.0 Å². The number of aryl methyl sites for hydroxylation is 2. The van der Waals surface area contributed by atoms with Gasteiger partial charge in [0.1, 0.15) is 0 Å². The van der Waals surface area contributed by atoms with Crippen molar-refractivity contribution in [2.24, 2.45) is 0 Å². The molecule has 0 unspecified atom stereocenters. The zero-order valence-corrected chi connectivity index (χ0v) is 20.3. The first-order valence-corrected chi connectivity index (χ1v) is 11.9. The van der Waals surface area contributed by atoms with Crippen molar-refractivity contribution in [3.8, 4) is 0 Å². The summed E-state index contributed by atoms with van der Waals surface area (Å²) < 4.78 is 4.04. The van der Waals surface area contributed by atoms with E-state index in [9.17, 15) is 9.59 Å². The number of hydrogen-bond donors (Lipinski definition) is 0. The normalized spacial score (nSPS) is 10.9. The molecule has 0 bridgehead atoms. The van der Waals surface area contributed by atoms with Crippen molar-refractivity contribution in [1.29, 1.82) is 0 Å². The second-order valence-corrected chi connectivity index (χ2v) is 8.71. The number of carbonyl (C=O) groups is 2. The lowest BCUT2D eigenvalue weighted by Crippen LogP contribution is -1.96. The molecule has 32 heavy (non-hydrogen) atoms. The van der Waals surface area contributed by atoms with Crippen LogP contribution in [0.2, 0.25) is 10.0 Å². The molecule has 0 aliphatic rings. The van der Waals surface area contributed by atoms with Crippen molar-refractivity contribution >= 4 is 80.8 Å². The Bertz CT molecular complexity index is 1130. The molecule has 168 valence electrons. The highest BCUT2D eigenvalue weighted by molar-refractivity contribution is 6.37. The number of benzene rings is 2. The van der Waals surface area contributed by atoms with Crippen molar-refractivity contribution in [2.45, 2.75) is 25.9 Å². The SMILES string of the molecule is O=Cc1cn(CCCCl)c2cccc(Cl)c12.O=Cc1cn(CCCCl)c2cccc(Cl)c12. The van der Waals surface area contributed by atoms with E-state index >= 15 is 0 Å². The van der Waals surface area contributed by atoms with Gasteiger partial charge < -0.3 is 9.13 Å². The molecule has 0 N–H and O–H groups in total. The zero-order chi connectivity index (χ0) is 23.1. The smallest absolute Gasteiger partial charge is 0.152 e. The molecule has 2 aromatic heterocycles. The predicted molar refractivity (Wildman–Crippen MR) is 135 cm³/mol. The molecule has 4 nitrogen and oxygen atoms in total. The van der Waals surface area contributed by atoms with Gasteiger partial charge in [0.15, 0.2) is 12.6 Å². The first-order valence-electron chi connectivity index (χ1n) is 10.1. The number of fused-ring (bicyclic) bond motifs is 2. The van der Waals surface area contributed by atoms with Crippen molar-refractivity contribution < 1.29 is 9.59 Å². The highest BCUT2D eigenvalue weighted by Gasteiger charge is 2.11. The monoisotopic (exact) mass is 510 g/mol. The van der Waals surface area contributed by atoms with Crippen molar-refractivity contribution in [1.82, 2.24) is 9.13 Å². The molecule has 0 atom stereocenters. The predicted octanol–water partition coefficient (Wildman–Crippen LogP) is 7.47. The van der Waals surface area contributed by atoms with E-state index in [1.165, 1.54) is 0 Å². The Kier molecular flexibility index (Phi) is 9.06. The first-order chi connectivity index (χ1) is 15.5. The molecule has 0 aliphatic carbocycles. The van der Waals surface area contributed by atoms with Crippen molar-refractivity contribution in [3.63, 3.8) is 0 Å². The Morgan fingerprint density at radius 1 is 0.688 bits per heavy atom. The minimum Gasteiger partial charge on any atom is -0.347 e. The topological polar surface area (TPSA) is 44.0 Å². The number of halogens is 4. The first kappa shape index (κ1) is 24.7. The summed E-state index contributed by atoms with van der Waals surface area (Å²) in [5.41, 5.74) is 3.24. The van der Waals surface area contributed by atoms with E-state index in [1.807, 2.05) is 45.8 Å². The summed E-state index contributed by atoms with van der Waals surface area (Å²) >= 11 is 23.5. The van der Waals surface area contributed by atoms with E-state index in [0.717, 1.165) is 60.3 Å². The number of nitrogens with zero attached hydrogens (tertiary/aromatic N) is 2. The molecule has 8 heteroatoms. The van der Waals surface area contributed by atoms with Gasteiger partial charge in [0, 0.05) is 59.1 Å². The van der Waals surface area contributed by atoms with Gasteiger partial charge in [0.05, 0.1) is 21.1 Å². The average molecular weight is 512 g/mol. The van der Waals surface area contributed by atoms with E-state index in [0.29, 0.717) is 32.9 Å². The Hall–Kier alpha value is -1.98. The number of rotatable bonds is 8. The molecule has 2 heterocycles. The molecule has 0 aliphatic heterocycles. The second kappa shape index (κ2) is 11.8. The Labute approximate surface area is 206 Å². The van der Waals surface area contributed by atoms with Crippen LogP contribution in [0, 0.1) is 0 Å². The highest BCUT2D eigenvalue weighted by atomic mass is 35.5. The van der Waals surface area contributed by atoms with Gasteiger partial charge in [-0.1, -0.05) is 35.3 Å². The van der Waals surface area contributed by atoms with E-state index in [2.05, 4.69) is 0 Å². The molecule has 0 spiro atoms. The molecular weight excluding hydrogens is 490 g/mol. The number of alkyl halides is 2. The van der Waals surface area contributed by atoms with E-state index in [1.54, 1.807) is 12.1 Å². The molecule has 0 saturated heterocycles. The zero-order valence-electron chi connectivity index (χ0n) is 17.2. The number of aromatic nitrogens is 2. The minimum absolute atomic E-state index is 0.608. The van der Waals surface area contributed by atoms with E-state index in [-0.39, 0.29) is 0 Å². The van der Waals surface area contributed by atoms with E-state index < -0.39 is 0 Å². The molecular formula is C24H22Cl4N2O2. The van der Waals surface area contributed by atoms with Gasteiger partial charge >= 0.3 is 0 Å². The van der Waals surface area contributed by atoms with Gasteiger partial charge in [0.2, 0.25) is 0 Å². The van der Waals surface area contributed by atoms with Crippen LogP contribution in [0.4, 0.5) is 0 Å². The Balaban J connectivity index is 0.000000181. The van der Waals surface area contributed by atoms with Crippen molar-refractivity contribution in [2.75, 3.05) is 11.8 Å². The fourth-order valence-electron chi connectivity index (χ4n) is 3.69. The maximum atomic E-state index is 11.0. The maximum Gasteiger partial charge on any atom is 0.152 e. The lowest BCUT2D eigenvalue weighted by Gasteiger charge is -2.03. The highest BCUT2D eigenvalue weighted by Crippen LogP contribution is 2.29. The third-order valence-electron chi connectivity index (χ3n) is 5.09. The van der Waals surface area contributed by atoms with Crippen LogP contribution >= 0.6 is 46.4 Å². The fraction of sp³-hybridized carbons (Fsp3) is 0.250. The van der Waals surface area contributed by atoms with Crippen LogP contribution in [0.5, 0.6) is 0 Å². The molecule has 0 amide bonds. The summed E-state index contributed by atoms with van der Waals surface area (Å²) in [5, 5.41) is 2.89.